The summed E-state index contributed by atoms with van der Waals surface area (Å²) in [6.45, 7) is 17.0. The molecule has 0 amide bonds. The Morgan fingerprint density at radius 2 is 0.941 bits per heavy atom. The maximum Gasteiger partial charge on any atom is 0.101 e. The largest absolute Gasteiger partial charge is 0.342 e. The Bertz CT molecular complexity index is 1960. The zero-order chi connectivity index (χ0) is 37.6. The van der Waals surface area contributed by atoms with Crippen LogP contribution in [0.5, 0.6) is 0 Å². The van der Waals surface area contributed by atoms with Crippen molar-refractivity contribution in [1.29, 1.82) is 21.0 Å². The molecule has 0 aliphatic heterocycles. The third kappa shape index (κ3) is 11.5. The Balaban J connectivity index is 0.000000343. The summed E-state index contributed by atoms with van der Waals surface area (Å²) in [5.74, 6) is 0. The van der Waals surface area contributed by atoms with Gasteiger partial charge in [0, 0.05) is 47.0 Å². The van der Waals surface area contributed by atoms with Crippen LogP contribution in [0.4, 0.5) is 22.7 Å². The molecule has 6 nitrogen and oxygen atoms in total. The van der Waals surface area contributed by atoms with E-state index in [0.717, 1.165) is 53.4 Å². The van der Waals surface area contributed by atoms with Crippen molar-refractivity contribution < 1.29 is 0 Å². The minimum atomic E-state index is 0.413. The van der Waals surface area contributed by atoms with Crippen LogP contribution in [0, 0.1) is 45.3 Å². The van der Waals surface area contributed by atoms with Crippen LogP contribution >= 0.6 is 0 Å². The molecule has 0 unspecified atom stereocenters. The Hall–Kier alpha value is -6.60. The molecule has 256 valence electrons. The van der Waals surface area contributed by atoms with Gasteiger partial charge in [-0.05, 0) is 86.8 Å². The second kappa shape index (κ2) is 22.1. The smallest absolute Gasteiger partial charge is 0.101 e. The normalized spacial score (nSPS) is 11.1. The van der Waals surface area contributed by atoms with E-state index in [4.69, 9.17) is 10.5 Å². The molecule has 0 fully saturated rings. The van der Waals surface area contributed by atoms with Crippen LogP contribution in [0.15, 0.2) is 145 Å². The lowest BCUT2D eigenvalue weighted by Crippen LogP contribution is -2.20. The van der Waals surface area contributed by atoms with Gasteiger partial charge in [-0.25, -0.2) is 0 Å². The lowest BCUT2D eigenvalue weighted by molar-refractivity contribution is 0.961. The quantitative estimate of drug-likeness (QED) is 0.116. The summed E-state index contributed by atoms with van der Waals surface area (Å²) < 4.78 is 0. The summed E-state index contributed by atoms with van der Waals surface area (Å²) in [6.07, 6.45) is 4.81. The van der Waals surface area contributed by atoms with E-state index >= 15 is 0 Å². The molecule has 4 aromatic carbocycles. The van der Waals surface area contributed by atoms with Crippen LogP contribution in [-0.2, 0) is 0 Å². The average Bonchev–Trinajstić information content (AvgIpc) is 3.19. The summed E-state index contributed by atoms with van der Waals surface area (Å²) >= 11 is 0. The van der Waals surface area contributed by atoms with Crippen LogP contribution in [0.2, 0.25) is 0 Å². The van der Waals surface area contributed by atoms with Gasteiger partial charge in [0.2, 0.25) is 0 Å². The molecule has 0 aliphatic rings. The Morgan fingerprint density at radius 3 is 1.27 bits per heavy atom. The van der Waals surface area contributed by atoms with Crippen LogP contribution in [0.1, 0.15) is 59.1 Å². The molecule has 0 saturated heterocycles. The zero-order valence-corrected chi connectivity index (χ0v) is 30.6. The maximum atomic E-state index is 9.36. The van der Waals surface area contributed by atoms with E-state index in [1.165, 1.54) is 5.57 Å². The standard InChI is InChI=1S/C24H23N3.C19H17N3.C2H6/c1-4-9-20(5-2)18-27(22-10-7-6-8-11-22)23-14-12-21(13-15-23)24(17-26)19(3)16-25;1-3-22(17-7-5-4-6-8-17)18-11-9-16(10-12-18)19(14-21)15(2)13-20;1-2/h4,6-15H,1,5,18H2,2-3H3;4-12H,3H2,1-2H3;1-2H3/b20-9+,24-19-;19-15-;. The van der Waals surface area contributed by atoms with E-state index in [2.05, 4.69) is 78.8 Å². The minimum absolute atomic E-state index is 0.413. The predicted octanol–water partition coefficient (Wildman–Crippen LogP) is 11.9. The molecule has 0 radical (unpaired) electrons. The number of benzene rings is 4. The number of rotatable bonds is 11. The summed E-state index contributed by atoms with van der Waals surface area (Å²) in [4.78, 5) is 4.42. The van der Waals surface area contributed by atoms with Gasteiger partial charge in [0.1, 0.15) is 12.1 Å². The Morgan fingerprint density at radius 1 is 0.569 bits per heavy atom. The van der Waals surface area contributed by atoms with E-state index in [9.17, 15) is 10.5 Å². The summed E-state index contributed by atoms with van der Waals surface area (Å²) in [5, 5.41) is 36.6. The highest BCUT2D eigenvalue weighted by Crippen LogP contribution is 2.30. The number of anilines is 4. The molecular formula is C45H46N6. The summed E-state index contributed by atoms with van der Waals surface area (Å²) in [7, 11) is 0. The van der Waals surface area contributed by atoms with Crippen LogP contribution in [0.3, 0.4) is 0 Å². The fourth-order valence-electron chi connectivity index (χ4n) is 5.17. The molecule has 0 aliphatic carbocycles. The fraction of sp³-hybridized carbons (Fsp3) is 0.200. The maximum absolute atomic E-state index is 9.36. The molecule has 0 atom stereocenters. The fourth-order valence-corrected chi connectivity index (χ4v) is 5.17. The van der Waals surface area contributed by atoms with Crippen molar-refractivity contribution in [1.82, 2.24) is 0 Å². The Labute approximate surface area is 305 Å². The molecule has 0 heterocycles. The molecule has 0 bridgehead atoms. The second-order valence-corrected chi connectivity index (χ2v) is 11.0. The van der Waals surface area contributed by atoms with Gasteiger partial charge in [-0.2, -0.15) is 21.0 Å². The van der Waals surface area contributed by atoms with Crippen LogP contribution in [-0.4, -0.2) is 13.1 Å². The van der Waals surface area contributed by atoms with Crippen molar-refractivity contribution in [3.8, 4) is 24.3 Å². The van der Waals surface area contributed by atoms with Crippen molar-refractivity contribution in [3.63, 3.8) is 0 Å². The zero-order valence-electron chi connectivity index (χ0n) is 30.6. The highest BCUT2D eigenvalue weighted by atomic mass is 15.1. The van der Waals surface area contributed by atoms with Gasteiger partial charge in [0.05, 0.1) is 23.3 Å². The molecule has 0 aromatic heterocycles. The first-order valence-electron chi connectivity index (χ1n) is 17.0. The van der Waals surface area contributed by atoms with Gasteiger partial charge >= 0.3 is 0 Å². The van der Waals surface area contributed by atoms with E-state index < -0.39 is 0 Å². The van der Waals surface area contributed by atoms with Crippen molar-refractivity contribution in [2.24, 2.45) is 0 Å². The number of hydrogen-bond donors (Lipinski definition) is 0. The second-order valence-electron chi connectivity index (χ2n) is 11.0. The molecular weight excluding hydrogens is 625 g/mol. The van der Waals surface area contributed by atoms with E-state index in [1.54, 1.807) is 13.8 Å². The van der Waals surface area contributed by atoms with Crippen molar-refractivity contribution in [3.05, 3.63) is 156 Å². The first kappa shape index (κ1) is 40.6. The minimum Gasteiger partial charge on any atom is -0.342 e. The number of para-hydroxylation sites is 2. The van der Waals surface area contributed by atoms with Crippen molar-refractivity contribution in [2.75, 3.05) is 22.9 Å². The predicted molar refractivity (Wildman–Crippen MR) is 213 cm³/mol. The molecule has 4 aromatic rings. The monoisotopic (exact) mass is 670 g/mol. The number of allylic oxidation sites excluding steroid dienone is 6. The third-order valence-electron chi connectivity index (χ3n) is 7.87. The van der Waals surface area contributed by atoms with E-state index in [-0.39, 0.29) is 0 Å². The molecule has 4 rings (SSSR count). The molecule has 51 heavy (non-hydrogen) atoms. The van der Waals surface area contributed by atoms with Gasteiger partial charge < -0.3 is 9.80 Å². The van der Waals surface area contributed by atoms with Crippen LogP contribution in [0.25, 0.3) is 11.1 Å². The van der Waals surface area contributed by atoms with Crippen molar-refractivity contribution in [2.45, 2.75) is 48.0 Å². The molecule has 6 heteroatoms. The van der Waals surface area contributed by atoms with Gasteiger partial charge in [-0.15, -0.1) is 0 Å². The Kier molecular flexibility index (Phi) is 17.6. The van der Waals surface area contributed by atoms with Gasteiger partial charge in [0.15, 0.2) is 0 Å². The highest BCUT2D eigenvalue weighted by molar-refractivity contribution is 5.83. The highest BCUT2D eigenvalue weighted by Gasteiger charge is 2.13. The summed E-state index contributed by atoms with van der Waals surface area (Å²) in [6, 6.07) is 44.2. The molecule has 0 spiro atoms. The SMILES string of the molecule is C=C/C=C(\CC)CN(c1ccccc1)c1ccc(/C(C#N)=C(/C)C#N)cc1.CC.CCN(c1ccccc1)c1ccc(/C(C#N)=C(/C)C#N)cc1. The molecule has 0 N–H and O–H groups in total. The first-order chi connectivity index (χ1) is 24.8. The van der Waals surface area contributed by atoms with Crippen LogP contribution < -0.4 is 9.80 Å². The topological polar surface area (TPSA) is 102 Å². The lowest BCUT2D eigenvalue weighted by Gasteiger charge is -2.26. The summed E-state index contributed by atoms with van der Waals surface area (Å²) in [5.41, 5.74) is 8.81. The third-order valence-corrected chi connectivity index (χ3v) is 7.87. The first-order valence-corrected chi connectivity index (χ1v) is 17.0. The molecule has 0 saturated carbocycles. The number of nitrogens with zero attached hydrogens (tertiary/aromatic N) is 6. The number of nitriles is 4. The van der Waals surface area contributed by atoms with E-state index in [0.29, 0.717) is 22.3 Å². The van der Waals surface area contributed by atoms with E-state index in [1.807, 2.05) is 111 Å². The lowest BCUT2D eigenvalue weighted by atomic mass is 10.0. The van der Waals surface area contributed by atoms with Gasteiger partial charge in [0.25, 0.3) is 0 Å². The van der Waals surface area contributed by atoms with Gasteiger partial charge in [-0.3, -0.25) is 0 Å². The number of hydrogen-bond acceptors (Lipinski definition) is 6. The van der Waals surface area contributed by atoms with Crippen molar-refractivity contribution >= 4 is 33.9 Å². The average molecular weight is 671 g/mol. The van der Waals surface area contributed by atoms with Gasteiger partial charge in [-0.1, -0.05) is 106 Å².